The van der Waals surface area contributed by atoms with Crippen molar-refractivity contribution in [3.05, 3.63) is 58.6 Å². The van der Waals surface area contributed by atoms with Crippen molar-refractivity contribution >= 4 is 39.3 Å². The Morgan fingerprint density at radius 1 is 1.21 bits per heavy atom. The standard InChI is InChI=1S/C20H20BrN5O2S/c1-29-19-23-24-25-26(19)17-4-2-3-16(13-17)22-18(27)20(9-11-28-12-10-20)14-5-7-15(21)8-6-14/h2-8,13H,9-12H2,1H3,(H,22,27). The summed E-state index contributed by atoms with van der Waals surface area (Å²) in [7, 11) is 0. The monoisotopic (exact) mass is 473 g/mol. The summed E-state index contributed by atoms with van der Waals surface area (Å²) in [5.74, 6) is -0.0259. The highest BCUT2D eigenvalue weighted by atomic mass is 79.9. The molecule has 0 bridgehead atoms. The Kier molecular flexibility index (Phi) is 5.98. The van der Waals surface area contributed by atoms with Gasteiger partial charge in [-0.2, -0.15) is 4.68 Å². The molecule has 7 nitrogen and oxygen atoms in total. The van der Waals surface area contributed by atoms with Gasteiger partial charge in [-0.3, -0.25) is 4.79 Å². The van der Waals surface area contributed by atoms with Crippen LogP contribution in [0.5, 0.6) is 0 Å². The van der Waals surface area contributed by atoms with Gasteiger partial charge < -0.3 is 10.1 Å². The predicted octanol–water partition coefficient (Wildman–Crippen LogP) is 3.83. The number of hydrogen-bond donors (Lipinski definition) is 1. The Bertz CT molecular complexity index is 1000. The number of tetrazole rings is 1. The maximum Gasteiger partial charge on any atom is 0.235 e. The van der Waals surface area contributed by atoms with Crippen LogP contribution in [0.3, 0.4) is 0 Å². The van der Waals surface area contributed by atoms with Crippen molar-refractivity contribution in [3.63, 3.8) is 0 Å². The minimum atomic E-state index is -0.617. The van der Waals surface area contributed by atoms with E-state index in [1.807, 2.05) is 54.8 Å². The maximum atomic E-state index is 13.5. The second-order valence-electron chi connectivity index (χ2n) is 6.78. The maximum absolute atomic E-state index is 13.5. The van der Waals surface area contributed by atoms with Gasteiger partial charge in [0.25, 0.3) is 0 Å². The number of halogens is 1. The number of rotatable bonds is 5. The van der Waals surface area contributed by atoms with Crippen LogP contribution in [0.1, 0.15) is 18.4 Å². The zero-order valence-electron chi connectivity index (χ0n) is 15.8. The molecule has 0 saturated carbocycles. The molecule has 0 aliphatic carbocycles. The molecule has 9 heteroatoms. The summed E-state index contributed by atoms with van der Waals surface area (Å²) >= 11 is 4.93. The number of carbonyl (C=O) groups is 1. The number of aromatic nitrogens is 4. The van der Waals surface area contributed by atoms with Crippen molar-refractivity contribution in [1.29, 1.82) is 0 Å². The van der Waals surface area contributed by atoms with Gasteiger partial charge in [0, 0.05) is 23.4 Å². The van der Waals surface area contributed by atoms with Crippen LogP contribution in [0.2, 0.25) is 0 Å². The van der Waals surface area contributed by atoms with E-state index in [4.69, 9.17) is 4.74 Å². The van der Waals surface area contributed by atoms with Crippen molar-refractivity contribution in [2.45, 2.75) is 23.4 Å². The van der Waals surface area contributed by atoms with E-state index in [0.717, 1.165) is 15.7 Å². The highest BCUT2D eigenvalue weighted by Gasteiger charge is 2.41. The molecule has 1 N–H and O–H groups in total. The van der Waals surface area contributed by atoms with Crippen LogP contribution >= 0.6 is 27.7 Å². The van der Waals surface area contributed by atoms with Crippen LogP contribution in [0.4, 0.5) is 5.69 Å². The molecule has 1 fully saturated rings. The van der Waals surface area contributed by atoms with Crippen LogP contribution in [-0.4, -0.2) is 45.6 Å². The molecule has 1 aliphatic rings. The number of benzene rings is 2. The zero-order chi connectivity index (χ0) is 20.3. The van der Waals surface area contributed by atoms with E-state index in [-0.39, 0.29) is 5.91 Å². The summed E-state index contributed by atoms with van der Waals surface area (Å²) in [5, 5.41) is 15.6. The van der Waals surface area contributed by atoms with Crippen molar-refractivity contribution in [3.8, 4) is 5.69 Å². The number of nitrogens with one attached hydrogen (secondary N) is 1. The van der Waals surface area contributed by atoms with E-state index >= 15 is 0 Å². The van der Waals surface area contributed by atoms with Crippen LogP contribution in [0.25, 0.3) is 5.69 Å². The molecule has 4 rings (SSSR count). The predicted molar refractivity (Wildman–Crippen MR) is 115 cm³/mol. The average molecular weight is 474 g/mol. The first-order chi connectivity index (χ1) is 14.1. The first-order valence-electron chi connectivity index (χ1n) is 9.20. The van der Waals surface area contributed by atoms with Crippen molar-refractivity contribution in [2.75, 3.05) is 24.8 Å². The van der Waals surface area contributed by atoms with E-state index in [0.29, 0.717) is 36.9 Å². The van der Waals surface area contributed by atoms with Crippen molar-refractivity contribution < 1.29 is 9.53 Å². The smallest absolute Gasteiger partial charge is 0.235 e. The van der Waals surface area contributed by atoms with Gasteiger partial charge in [0.05, 0.1) is 11.1 Å². The van der Waals surface area contributed by atoms with Gasteiger partial charge in [0.2, 0.25) is 11.1 Å². The quantitative estimate of drug-likeness (QED) is 0.566. The lowest BCUT2D eigenvalue weighted by Gasteiger charge is -2.36. The van der Waals surface area contributed by atoms with Crippen LogP contribution in [-0.2, 0) is 14.9 Å². The third-order valence-corrected chi connectivity index (χ3v) is 6.30. The first kappa shape index (κ1) is 20.1. The Morgan fingerprint density at radius 3 is 2.69 bits per heavy atom. The van der Waals surface area contributed by atoms with E-state index in [9.17, 15) is 4.79 Å². The SMILES string of the molecule is CSc1nnnn1-c1cccc(NC(=O)C2(c3ccc(Br)cc3)CCOCC2)c1. The summed E-state index contributed by atoms with van der Waals surface area (Å²) in [6.45, 7) is 1.12. The Morgan fingerprint density at radius 2 is 1.97 bits per heavy atom. The average Bonchev–Trinajstić information content (AvgIpc) is 3.24. The lowest BCUT2D eigenvalue weighted by atomic mass is 9.73. The Hall–Kier alpha value is -2.23. The van der Waals surface area contributed by atoms with Gasteiger partial charge in [-0.05, 0) is 65.4 Å². The zero-order valence-corrected chi connectivity index (χ0v) is 18.2. The van der Waals surface area contributed by atoms with Gasteiger partial charge in [0.15, 0.2) is 0 Å². The summed E-state index contributed by atoms with van der Waals surface area (Å²) in [5.41, 5.74) is 1.89. The fourth-order valence-electron chi connectivity index (χ4n) is 3.57. The van der Waals surface area contributed by atoms with E-state index < -0.39 is 5.41 Å². The second-order valence-corrected chi connectivity index (χ2v) is 8.47. The number of hydrogen-bond acceptors (Lipinski definition) is 6. The topological polar surface area (TPSA) is 81.9 Å². The number of ether oxygens (including phenoxy) is 1. The third-order valence-electron chi connectivity index (χ3n) is 5.15. The normalized spacial score (nSPS) is 15.8. The molecular weight excluding hydrogens is 454 g/mol. The van der Waals surface area contributed by atoms with Gasteiger partial charge in [-0.1, -0.05) is 45.9 Å². The van der Waals surface area contributed by atoms with E-state index in [1.165, 1.54) is 11.8 Å². The summed E-state index contributed by atoms with van der Waals surface area (Å²) < 4.78 is 8.19. The van der Waals surface area contributed by atoms with Crippen LogP contribution in [0, 0.1) is 0 Å². The summed E-state index contributed by atoms with van der Waals surface area (Å²) in [4.78, 5) is 13.5. The minimum Gasteiger partial charge on any atom is -0.381 e. The number of nitrogens with zero attached hydrogens (tertiary/aromatic N) is 4. The molecular formula is C20H20BrN5O2S. The van der Waals surface area contributed by atoms with Gasteiger partial charge in [-0.15, -0.1) is 5.10 Å². The van der Waals surface area contributed by atoms with Crippen molar-refractivity contribution in [1.82, 2.24) is 20.2 Å². The summed E-state index contributed by atoms with van der Waals surface area (Å²) in [6, 6.07) is 15.5. The number of anilines is 1. The fraction of sp³-hybridized carbons (Fsp3) is 0.300. The van der Waals surface area contributed by atoms with Crippen molar-refractivity contribution in [2.24, 2.45) is 0 Å². The number of thioether (sulfide) groups is 1. The highest BCUT2D eigenvalue weighted by Crippen LogP contribution is 2.37. The van der Waals surface area contributed by atoms with Crippen LogP contribution in [0.15, 0.2) is 58.2 Å². The molecule has 0 atom stereocenters. The first-order valence-corrected chi connectivity index (χ1v) is 11.2. The van der Waals surface area contributed by atoms with Gasteiger partial charge in [0.1, 0.15) is 0 Å². The largest absolute Gasteiger partial charge is 0.381 e. The molecule has 0 radical (unpaired) electrons. The van der Waals surface area contributed by atoms with E-state index in [2.05, 4.69) is 36.8 Å². The van der Waals surface area contributed by atoms with Gasteiger partial charge in [-0.25, -0.2) is 0 Å². The number of carbonyl (C=O) groups excluding carboxylic acids is 1. The Balaban J connectivity index is 1.63. The van der Waals surface area contributed by atoms with Gasteiger partial charge >= 0.3 is 0 Å². The second kappa shape index (κ2) is 8.64. The molecule has 2 aromatic carbocycles. The molecule has 3 aromatic rings. The molecule has 2 heterocycles. The summed E-state index contributed by atoms with van der Waals surface area (Å²) in [6.07, 6.45) is 3.20. The molecule has 1 aliphatic heterocycles. The lowest BCUT2D eigenvalue weighted by Crippen LogP contribution is -2.44. The molecule has 150 valence electrons. The third kappa shape index (κ3) is 4.08. The molecule has 0 unspecified atom stereocenters. The molecule has 0 spiro atoms. The molecule has 1 aromatic heterocycles. The molecule has 1 saturated heterocycles. The van der Waals surface area contributed by atoms with E-state index in [1.54, 1.807) is 4.68 Å². The molecule has 1 amide bonds. The Labute approximate surface area is 181 Å². The highest BCUT2D eigenvalue weighted by molar-refractivity contribution is 9.10. The minimum absolute atomic E-state index is 0.0259. The lowest BCUT2D eigenvalue weighted by molar-refractivity contribution is -0.125. The number of amides is 1. The molecule has 29 heavy (non-hydrogen) atoms. The van der Waals surface area contributed by atoms with Crippen LogP contribution < -0.4 is 5.32 Å². The fourth-order valence-corrected chi connectivity index (χ4v) is 4.27.